The Labute approximate surface area is 86.6 Å². The molecule has 2 rings (SSSR count). The zero-order valence-electron chi connectivity index (χ0n) is 7.93. The van der Waals surface area contributed by atoms with Gasteiger partial charge in [-0.05, 0) is 11.4 Å². The number of thiophene rings is 1. The number of aromatic nitrogens is 1. The smallest absolute Gasteiger partial charge is 0.236 e. The molecule has 0 aliphatic heterocycles. The SMILES string of the molecule is CC(CN)c1cnc(-c2cccs2)o1. The molecule has 2 aromatic heterocycles. The molecule has 1 unspecified atom stereocenters. The van der Waals surface area contributed by atoms with Gasteiger partial charge in [-0.2, -0.15) is 0 Å². The van der Waals surface area contributed by atoms with Gasteiger partial charge in [-0.15, -0.1) is 11.3 Å². The lowest BCUT2D eigenvalue weighted by Gasteiger charge is -2.01. The van der Waals surface area contributed by atoms with Crippen molar-refractivity contribution in [2.45, 2.75) is 12.8 Å². The molecule has 0 spiro atoms. The largest absolute Gasteiger partial charge is 0.440 e. The van der Waals surface area contributed by atoms with Crippen LogP contribution in [0.25, 0.3) is 10.8 Å². The Kier molecular flexibility index (Phi) is 2.65. The molecule has 0 saturated heterocycles. The second-order valence-corrected chi connectivity index (χ2v) is 4.13. The van der Waals surface area contributed by atoms with E-state index in [1.54, 1.807) is 17.5 Å². The standard InChI is InChI=1S/C10H12N2OS/c1-7(5-11)8-6-12-10(13-8)9-3-2-4-14-9/h2-4,6-7H,5,11H2,1H3. The fraction of sp³-hybridized carbons (Fsp3) is 0.300. The third-order valence-corrected chi connectivity index (χ3v) is 2.95. The van der Waals surface area contributed by atoms with Gasteiger partial charge in [-0.25, -0.2) is 4.98 Å². The first-order chi connectivity index (χ1) is 6.81. The molecule has 2 heterocycles. The van der Waals surface area contributed by atoms with Gasteiger partial charge in [0.05, 0.1) is 11.1 Å². The van der Waals surface area contributed by atoms with Crippen LogP contribution in [-0.2, 0) is 0 Å². The number of nitrogens with two attached hydrogens (primary N) is 1. The molecular weight excluding hydrogens is 196 g/mol. The number of oxazole rings is 1. The van der Waals surface area contributed by atoms with Crippen LogP contribution in [0.2, 0.25) is 0 Å². The monoisotopic (exact) mass is 208 g/mol. The second kappa shape index (κ2) is 3.94. The van der Waals surface area contributed by atoms with Crippen molar-refractivity contribution in [2.75, 3.05) is 6.54 Å². The van der Waals surface area contributed by atoms with Gasteiger partial charge in [-0.3, -0.25) is 0 Å². The first-order valence-electron chi connectivity index (χ1n) is 4.51. The summed E-state index contributed by atoms with van der Waals surface area (Å²) in [5.74, 6) is 1.78. The molecule has 4 heteroatoms. The quantitative estimate of drug-likeness (QED) is 0.843. The van der Waals surface area contributed by atoms with E-state index in [4.69, 9.17) is 10.2 Å². The molecule has 0 aromatic carbocycles. The van der Waals surface area contributed by atoms with Crippen molar-refractivity contribution >= 4 is 11.3 Å². The maximum absolute atomic E-state index is 5.60. The maximum Gasteiger partial charge on any atom is 0.236 e. The Bertz CT molecular complexity index is 394. The van der Waals surface area contributed by atoms with Crippen LogP contribution in [0.5, 0.6) is 0 Å². The summed E-state index contributed by atoms with van der Waals surface area (Å²) >= 11 is 1.62. The van der Waals surface area contributed by atoms with Crippen molar-refractivity contribution in [3.05, 3.63) is 29.5 Å². The average molecular weight is 208 g/mol. The number of rotatable bonds is 3. The van der Waals surface area contributed by atoms with Crippen molar-refractivity contribution in [3.8, 4) is 10.8 Å². The minimum absolute atomic E-state index is 0.233. The lowest BCUT2D eigenvalue weighted by atomic mass is 10.1. The highest BCUT2D eigenvalue weighted by atomic mass is 32.1. The molecule has 0 aliphatic rings. The minimum Gasteiger partial charge on any atom is -0.440 e. The van der Waals surface area contributed by atoms with Gasteiger partial charge >= 0.3 is 0 Å². The molecule has 0 radical (unpaired) electrons. The van der Waals surface area contributed by atoms with Crippen LogP contribution < -0.4 is 5.73 Å². The molecule has 2 N–H and O–H groups in total. The first-order valence-corrected chi connectivity index (χ1v) is 5.39. The highest BCUT2D eigenvalue weighted by Crippen LogP contribution is 2.26. The summed E-state index contributed by atoms with van der Waals surface area (Å²) in [6.07, 6.45) is 1.76. The Hall–Kier alpha value is -1.13. The van der Waals surface area contributed by atoms with E-state index in [1.165, 1.54) is 0 Å². The van der Waals surface area contributed by atoms with Gasteiger partial charge in [0.15, 0.2) is 0 Å². The van der Waals surface area contributed by atoms with E-state index in [0.717, 1.165) is 10.6 Å². The predicted molar refractivity (Wildman–Crippen MR) is 57.3 cm³/mol. The molecule has 2 aromatic rings. The van der Waals surface area contributed by atoms with Crippen molar-refractivity contribution in [2.24, 2.45) is 5.73 Å². The van der Waals surface area contributed by atoms with E-state index < -0.39 is 0 Å². The van der Waals surface area contributed by atoms with E-state index in [2.05, 4.69) is 4.98 Å². The van der Waals surface area contributed by atoms with Crippen LogP contribution in [0.1, 0.15) is 18.6 Å². The van der Waals surface area contributed by atoms with Gasteiger partial charge in [0.25, 0.3) is 0 Å². The van der Waals surface area contributed by atoms with Crippen molar-refractivity contribution in [1.29, 1.82) is 0 Å². The van der Waals surface area contributed by atoms with Gasteiger partial charge in [0.2, 0.25) is 5.89 Å². The maximum atomic E-state index is 5.60. The van der Waals surface area contributed by atoms with Crippen molar-refractivity contribution in [1.82, 2.24) is 4.98 Å². The molecule has 14 heavy (non-hydrogen) atoms. The number of nitrogens with zero attached hydrogens (tertiary/aromatic N) is 1. The van der Waals surface area contributed by atoms with E-state index in [0.29, 0.717) is 12.4 Å². The second-order valence-electron chi connectivity index (χ2n) is 3.18. The number of hydrogen-bond donors (Lipinski definition) is 1. The zero-order valence-corrected chi connectivity index (χ0v) is 8.75. The molecular formula is C10H12N2OS. The fourth-order valence-corrected chi connectivity index (χ4v) is 1.80. The molecule has 0 bridgehead atoms. The molecule has 74 valence electrons. The summed E-state index contributed by atoms with van der Waals surface area (Å²) in [5.41, 5.74) is 5.55. The van der Waals surface area contributed by atoms with Crippen LogP contribution in [0.4, 0.5) is 0 Å². The lowest BCUT2D eigenvalue weighted by molar-refractivity contribution is 0.486. The van der Waals surface area contributed by atoms with E-state index in [9.17, 15) is 0 Å². The van der Waals surface area contributed by atoms with E-state index in [1.807, 2.05) is 24.4 Å². The predicted octanol–water partition coefficient (Wildman–Crippen LogP) is 2.47. The van der Waals surface area contributed by atoms with Gasteiger partial charge in [-0.1, -0.05) is 13.0 Å². The third kappa shape index (κ3) is 1.71. The lowest BCUT2D eigenvalue weighted by Crippen LogP contribution is -2.07. The van der Waals surface area contributed by atoms with Crippen LogP contribution in [0.3, 0.4) is 0 Å². The summed E-state index contributed by atoms with van der Waals surface area (Å²) in [6, 6.07) is 3.98. The molecule has 0 aliphatic carbocycles. The van der Waals surface area contributed by atoms with Gasteiger partial charge in [0, 0.05) is 12.5 Å². The van der Waals surface area contributed by atoms with E-state index in [-0.39, 0.29) is 5.92 Å². The van der Waals surface area contributed by atoms with Crippen molar-refractivity contribution < 1.29 is 4.42 Å². The number of hydrogen-bond acceptors (Lipinski definition) is 4. The molecule has 1 atom stereocenters. The molecule has 0 saturated carbocycles. The molecule has 0 fully saturated rings. The zero-order chi connectivity index (χ0) is 9.97. The van der Waals surface area contributed by atoms with Crippen LogP contribution >= 0.6 is 11.3 Å². The summed E-state index contributed by atoms with van der Waals surface area (Å²) in [6.45, 7) is 2.61. The summed E-state index contributed by atoms with van der Waals surface area (Å²) < 4.78 is 5.60. The van der Waals surface area contributed by atoms with Crippen LogP contribution in [0, 0.1) is 0 Å². The minimum atomic E-state index is 0.233. The van der Waals surface area contributed by atoms with Gasteiger partial charge in [0.1, 0.15) is 5.76 Å². The Morgan fingerprint density at radius 3 is 3.14 bits per heavy atom. The van der Waals surface area contributed by atoms with Crippen LogP contribution in [-0.4, -0.2) is 11.5 Å². The molecule has 3 nitrogen and oxygen atoms in total. The topological polar surface area (TPSA) is 52.0 Å². The highest BCUT2D eigenvalue weighted by Gasteiger charge is 2.11. The van der Waals surface area contributed by atoms with Crippen LogP contribution in [0.15, 0.2) is 28.1 Å². The summed E-state index contributed by atoms with van der Waals surface area (Å²) in [7, 11) is 0. The average Bonchev–Trinajstić information content (AvgIpc) is 2.86. The normalized spacial score (nSPS) is 13.0. The third-order valence-electron chi connectivity index (χ3n) is 2.09. The van der Waals surface area contributed by atoms with Crippen molar-refractivity contribution in [3.63, 3.8) is 0 Å². The Balaban J connectivity index is 2.26. The Morgan fingerprint density at radius 1 is 1.64 bits per heavy atom. The fourth-order valence-electron chi connectivity index (χ4n) is 1.14. The molecule has 0 amide bonds. The Morgan fingerprint density at radius 2 is 2.50 bits per heavy atom. The van der Waals surface area contributed by atoms with E-state index >= 15 is 0 Å². The summed E-state index contributed by atoms with van der Waals surface area (Å²) in [5, 5.41) is 2.01. The van der Waals surface area contributed by atoms with Gasteiger partial charge < -0.3 is 10.2 Å². The summed E-state index contributed by atoms with van der Waals surface area (Å²) in [4.78, 5) is 5.27. The first kappa shape index (κ1) is 9.43. The highest BCUT2D eigenvalue weighted by molar-refractivity contribution is 7.13.